The highest BCUT2D eigenvalue weighted by Crippen LogP contribution is 2.19. The van der Waals surface area contributed by atoms with Crippen molar-refractivity contribution in [2.45, 2.75) is 38.1 Å². The van der Waals surface area contributed by atoms with E-state index < -0.39 is 0 Å². The SMILES string of the molecule is C=CCC(N)(CC=C)CCC. The van der Waals surface area contributed by atoms with E-state index in [1.54, 1.807) is 0 Å². The van der Waals surface area contributed by atoms with Gasteiger partial charge >= 0.3 is 0 Å². The molecular formula is C10H19N. The van der Waals surface area contributed by atoms with Crippen molar-refractivity contribution in [3.63, 3.8) is 0 Å². The lowest BCUT2D eigenvalue weighted by molar-refractivity contribution is 0.397. The molecule has 1 nitrogen and oxygen atoms in total. The second kappa shape index (κ2) is 5.14. The van der Waals surface area contributed by atoms with Crippen molar-refractivity contribution in [3.05, 3.63) is 25.3 Å². The lowest BCUT2D eigenvalue weighted by Crippen LogP contribution is -2.38. The Bertz CT molecular complexity index is 117. The van der Waals surface area contributed by atoms with E-state index in [2.05, 4.69) is 20.1 Å². The zero-order valence-electron chi connectivity index (χ0n) is 7.47. The van der Waals surface area contributed by atoms with Crippen molar-refractivity contribution in [3.8, 4) is 0 Å². The van der Waals surface area contributed by atoms with Gasteiger partial charge in [0, 0.05) is 5.54 Å². The molecule has 11 heavy (non-hydrogen) atoms. The van der Waals surface area contributed by atoms with E-state index in [9.17, 15) is 0 Å². The maximum absolute atomic E-state index is 6.09. The molecule has 0 saturated heterocycles. The standard InChI is InChI=1S/C10H19N/c1-4-7-10(11,8-5-2)9-6-3/h4-5H,1-2,6-9,11H2,3H3. The number of nitrogens with two attached hydrogens (primary N) is 1. The molecule has 0 radical (unpaired) electrons. The first-order valence-electron chi connectivity index (χ1n) is 4.19. The third-order valence-corrected chi connectivity index (χ3v) is 1.85. The van der Waals surface area contributed by atoms with E-state index in [0.717, 1.165) is 25.7 Å². The van der Waals surface area contributed by atoms with Crippen molar-refractivity contribution in [1.82, 2.24) is 0 Å². The quantitative estimate of drug-likeness (QED) is 0.583. The van der Waals surface area contributed by atoms with Gasteiger partial charge in [0.1, 0.15) is 0 Å². The number of hydrogen-bond acceptors (Lipinski definition) is 1. The highest BCUT2D eigenvalue weighted by molar-refractivity contribution is 4.95. The fraction of sp³-hybridized carbons (Fsp3) is 0.600. The van der Waals surface area contributed by atoms with Gasteiger partial charge in [0.25, 0.3) is 0 Å². The Hall–Kier alpha value is -0.560. The van der Waals surface area contributed by atoms with E-state index >= 15 is 0 Å². The summed E-state index contributed by atoms with van der Waals surface area (Å²) in [5, 5.41) is 0. The molecule has 0 amide bonds. The van der Waals surface area contributed by atoms with E-state index in [-0.39, 0.29) is 5.54 Å². The molecular weight excluding hydrogens is 134 g/mol. The zero-order chi connectivity index (χ0) is 8.74. The van der Waals surface area contributed by atoms with Crippen LogP contribution in [0.1, 0.15) is 32.6 Å². The molecule has 0 spiro atoms. The van der Waals surface area contributed by atoms with E-state index in [1.807, 2.05) is 12.2 Å². The molecule has 0 unspecified atom stereocenters. The molecule has 2 N–H and O–H groups in total. The molecule has 0 heterocycles. The van der Waals surface area contributed by atoms with Gasteiger partial charge in [-0.25, -0.2) is 0 Å². The summed E-state index contributed by atoms with van der Waals surface area (Å²) in [6.45, 7) is 9.54. The summed E-state index contributed by atoms with van der Waals surface area (Å²) >= 11 is 0. The van der Waals surface area contributed by atoms with E-state index in [1.165, 1.54) is 0 Å². The number of hydrogen-bond donors (Lipinski definition) is 1. The van der Waals surface area contributed by atoms with Gasteiger partial charge < -0.3 is 5.73 Å². The molecule has 0 aromatic rings. The fourth-order valence-corrected chi connectivity index (χ4v) is 1.36. The van der Waals surface area contributed by atoms with Gasteiger partial charge in [-0.2, -0.15) is 0 Å². The van der Waals surface area contributed by atoms with Crippen LogP contribution < -0.4 is 5.73 Å². The Labute approximate surface area is 70.0 Å². The van der Waals surface area contributed by atoms with Gasteiger partial charge in [-0.1, -0.05) is 25.5 Å². The summed E-state index contributed by atoms with van der Waals surface area (Å²) in [6.07, 6.45) is 7.71. The van der Waals surface area contributed by atoms with Gasteiger partial charge in [-0.3, -0.25) is 0 Å². The molecule has 0 aliphatic rings. The van der Waals surface area contributed by atoms with Crippen molar-refractivity contribution in [1.29, 1.82) is 0 Å². The van der Waals surface area contributed by atoms with Crippen LogP contribution in [0.3, 0.4) is 0 Å². The van der Waals surface area contributed by atoms with Crippen LogP contribution in [0.4, 0.5) is 0 Å². The van der Waals surface area contributed by atoms with Gasteiger partial charge in [0.15, 0.2) is 0 Å². The summed E-state index contributed by atoms with van der Waals surface area (Å²) in [7, 11) is 0. The first kappa shape index (κ1) is 10.4. The average Bonchev–Trinajstić information content (AvgIpc) is 1.88. The Balaban J connectivity index is 3.98. The van der Waals surface area contributed by atoms with Crippen LogP contribution in [0.25, 0.3) is 0 Å². The molecule has 0 aliphatic heterocycles. The van der Waals surface area contributed by atoms with E-state index in [4.69, 9.17) is 5.73 Å². The average molecular weight is 153 g/mol. The molecule has 0 aromatic carbocycles. The maximum atomic E-state index is 6.09. The minimum Gasteiger partial charge on any atom is -0.325 e. The van der Waals surface area contributed by atoms with Gasteiger partial charge in [0.2, 0.25) is 0 Å². The van der Waals surface area contributed by atoms with Crippen LogP contribution >= 0.6 is 0 Å². The largest absolute Gasteiger partial charge is 0.325 e. The first-order valence-corrected chi connectivity index (χ1v) is 4.19. The topological polar surface area (TPSA) is 26.0 Å². The van der Waals surface area contributed by atoms with E-state index in [0.29, 0.717) is 0 Å². The molecule has 0 bridgehead atoms. The fourth-order valence-electron chi connectivity index (χ4n) is 1.36. The van der Waals surface area contributed by atoms with Crippen molar-refractivity contribution in [2.75, 3.05) is 0 Å². The zero-order valence-corrected chi connectivity index (χ0v) is 7.47. The van der Waals surface area contributed by atoms with Crippen molar-refractivity contribution < 1.29 is 0 Å². The maximum Gasteiger partial charge on any atom is 0.0223 e. The van der Waals surface area contributed by atoms with Gasteiger partial charge in [-0.05, 0) is 19.3 Å². The van der Waals surface area contributed by atoms with Crippen LogP contribution in [0.5, 0.6) is 0 Å². The van der Waals surface area contributed by atoms with Crippen molar-refractivity contribution >= 4 is 0 Å². The minimum absolute atomic E-state index is 0.0851. The molecule has 0 aromatic heterocycles. The molecule has 0 fully saturated rings. The van der Waals surface area contributed by atoms with Gasteiger partial charge in [0.05, 0.1) is 0 Å². The lowest BCUT2D eigenvalue weighted by atomic mass is 9.88. The van der Waals surface area contributed by atoms with Crippen LogP contribution in [0, 0.1) is 0 Å². The molecule has 1 heteroatoms. The van der Waals surface area contributed by atoms with Crippen LogP contribution in [0.15, 0.2) is 25.3 Å². The lowest BCUT2D eigenvalue weighted by Gasteiger charge is -2.26. The first-order chi connectivity index (χ1) is 5.18. The Morgan fingerprint density at radius 1 is 1.27 bits per heavy atom. The predicted octanol–water partition coefficient (Wildman–Crippen LogP) is 2.64. The second-order valence-electron chi connectivity index (χ2n) is 3.10. The summed E-state index contributed by atoms with van der Waals surface area (Å²) in [4.78, 5) is 0. The predicted molar refractivity (Wildman–Crippen MR) is 51.5 cm³/mol. The van der Waals surface area contributed by atoms with Gasteiger partial charge in [-0.15, -0.1) is 13.2 Å². The highest BCUT2D eigenvalue weighted by atomic mass is 14.7. The smallest absolute Gasteiger partial charge is 0.0223 e. The van der Waals surface area contributed by atoms with Crippen LogP contribution in [0.2, 0.25) is 0 Å². The molecule has 64 valence electrons. The number of rotatable bonds is 6. The third kappa shape index (κ3) is 3.99. The summed E-state index contributed by atoms with van der Waals surface area (Å²) in [5.74, 6) is 0. The normalized spacial score (nSPS) is 11.1. The Kier molecular flexibility index (Phi) is 4.88. The monoisotopic (exact) mass is 153 g/mol. The highest BCUT2D eigenvalue weighted by Gasteiger charge is 2.19. The summed E-state index contributed by atoms with van der Waals surface area (Å²) < 4.78 is 0. The Morgan fingerprint density at radius 3 is 2.00 bits per heavy atom. The molecule has 0 rings (SSSR count). The minimum atomic E-state index is -0.0851. The molecule has 0 atom stereocenters. The second-order valence-corrected chi connectivity index (χ2v) is 3.10. The van der Waals surface area contributed by atoms with Crippen LogP contribution in [-0.2, 0) is 0 Å². The summed E-state index contributed by atoms with van der Waals surface area (Å²) in [5.41, 5.74) is 6.00. The Morgan fingerprint density at radius 2 is 1.73 bits per heavy atom. The summed E-state index contributed by atoms with van der Waals surface area (Å²) in [6, 6.07) is 0. The van der Waals surface area contributed by atoms with Crippen LogP contribution in [-0.4, -0.2) is 5.54 Å². The third-order valence-electron chi connectivity index (χ3n) is 1.85. The molecule has 0 saturated carbocycles. The van der Waals surface area contributed by atoms with Crippen molar-refractivity contribution in [2.24, 2.45) is 5.73 Å². The molecule has 0 aliphatic carbocycles.